The monoisotopic (exact) mass is 287 g/mol. The van der Waals surface area contributed by atoms with Gasteiger partial charge in [0.25, 0.3) is 0 Å². The first-order chi connectivity index (χ1) is 7.66. The molecule has 0 bridgehead atoms. The summed E-state index contributed by atoms with van der Waals surface area (Å²) in [7, 11) is -5.84. The summed E-state index contributed by atoms with van der Waals surface area (Å²) in [5, 5.41) is 16.3. The molecule has 0 aliphatic rings. The van der Waals surface area contributed by atoms with Gasteiger partial charge in [0.15, 0.2) is 0 Å². The minimum Gasteiger partial charge on any atom is -0.394 e. The van der Waals surface area contributed by atoms with Crippen molar-refractivity contribution in [2.24, 2.45) is 0 Å². The number of hydrogen-bond acceptors (Lipinski definition) is 7. The Kier molecular flexibility index (Phi) is 10.6. The highest BCUT2D eigenvalue weighted by molar-refractivity contribution is 7.86. The van der Waals surface area contributed by atoms with Gasteiger partial charge < -0.3 is 10.2 Å². The Bertz CT molecular complexity index is 261. The Hall–Kier alpha value is -0.500. The predicted molar refractivity (Wildman–Crippen MR) is 46.8 cm³/mol. The van der Waals surface area contributed by atoms with Crippen molar-refractivity contribution in [2.45, 2.75) is 5.51 Å². The number of nitrogens with one attached hydrogen (secondary N) is 1. The molecule has 0 saturated heterocycles. The topological polar surface area (TPSA) is 125 Å². The lowest BCUT2D eigenvalue weighted by Crippen LogP contribution is -2.21. The second-order valence-corrected chi connectivity index (χ2v) is 3.56. The van der Waals surface area contributed by atoms with Crippen molar-refractivity contribution < 1.29 is 46.0 Å². The molecule has 0 spiro atoms. The van der Waals surface area contributed by atoms with Gasteiger partial charge in [-0.2, -0.15) is 21.6 Å². The lowest BCUT2D eigenvalue weighted by atomic mass is 10.8. The average Bonchev–Trinajstić information content (AvgIpc) is 2.15. The van der Waals surface area contributed by atoms with Crippen molar-refractivity contribution in [1.29, 1.82) is 0 Å². The first-order valence-electron chi connectivity index (χ1n) is 3.91. The van der Waals surface area contributed by atoms with Gasteiger partial charge in [-0.3, -0.25) is 14.2 Å². The number of alkyl halides is 3. The van der Waals surface area contributed by atoms with Gasteiger partial charge in [0.1, 0.15) is 0 Å². The minimum atomic E-state index is -5.84. The molecule has 8 nitrogen and oxygen atoms in total. The van der Waals surface area contributed by atoms with Gasteiger partial charge in [-0.05, 0) is 0 Å². The maximum Gasteiger partial charge on any atom is 0.522 e. The summed E-state index contributed by atoms with van der Waals surface area (Å²) in [6.07, 6.45) is 0. The molecule has 17 heavy (non-hydrogen) atoms. The summed E-state index contributed by atoms with van der Waals surface area (Å²) in [5.74, 6) is 0. The summed E-state index contributed by atoms with van der Waals surface area (Å²) < 4.78 is 57.5. The molecule has 12 heteroatoms. The van der Waals surface area contributed by atoms with E-state index in [1.165, 1.54) is 0 Å². The van der Waals surface area contributed by atoms with Crippen LogP contribution in [0.2, 0.25) is 0 Å². The van der Waals surface area contributed by atoms with Crippen LogP contribution in [0.1, 0.15) is 0 Å². The van der Waals surface area contributed by atoms with Crippen LogP contribution in [-0.4, -0.2) is 55.1 Å². The van der Waals surface area contributed by atoms with Crippen LogP contribution < -0.4 is 5.64 Å². The van der Waals surface area contributed by atoms with Gasteiger partial charge in [0, 0.05) is 0 Å². The van der Waals surface area contributed by atoms with E-state index in [9.17, 15) is 13.2 Å². The quantitative estimate of drug-likeness (QED) is 0.208. The zero-order chi connectivity index (χ0) is 13.9. The van der Waals surface area contributed by atoms with Crippen LogP contribution in [0.25, 0.3) is 0 Å². The van der Waals surface area contributed by atoms with Crippen molar-refractivity contribution in [1.82, 2.24) is 5.64 Å². The average molecular weight is 287 g/mol. The summed E-state index contributed by atoms with van der Waals surface area (Å²) in [4.78, 5) is 8.90. The van der Waals surface area contributed by atoms with E-state index in [2.05, 4.69) is 15.3 Å². The molecule has 0 rings (SSSR count). The Morgan fingerprint density at radius 3 is 1.53 bits per heavy atom. The zero-order valence-electron chi connectivity index (χ0n) is 8.35. The fourth-order valence-electron chi connectivity index (χ4n) is 0.216. The first-order valence-corrected chi connectivity index (χ1v) is 5.35. The van der Waals surface area contributed by atoms with E-state index in [0.29, 0.717) is 0 Å². The molecule has 0 heterocycles. The normalized spacial score (nSPS) is 11.9. The van der Waals surface area contributed by atoms with Gasteiger partial charge in [0.05, 0.1) is 26.4 Å². The molecule has 0 fully saturated rings. The van der Waals surface area contributed by atoms with Crippen molar-refractivity contribution in [3.05, 3.63) is 0 Å². The second kappa shape index (κ2) is 9.52. The maximum absolute atomic E-state index is 10.7. The lowest BCUT2D eigenvalue weighted by Gasteiger charge is -2.01. The second-order valence-electron chi connectivity index (χ2n) is 2.15. The maximum atomic E-state index is 10.7. The van der Waals surface area contributed by atoms with Crippen molar-refractivity contribution in [3.63, 3.8) is 0 Å². The number of halogens is 3. The Balaban J connectivity index is 0. The van der Waals surface area contributed by atoms with Gasteiger partial charge in [-0.15, -0.1) is 0 Å². The van der Waals surface area contributed by atoms with Crippen LogP contribution in [0.5, 0.6) is 0 Å². The smallest absolute Gasteiger partial charge is 0.394 e. The van der Waals surface area contributed by atoms with E-state index < -0.39 is 15.6 Å². The van der Waals surface area contributed by atoms with E-state index in [1.54, 1.807) is 0 Å². The molecule has 0 aliphatic heterocycles. The van der Waals surface area contributed by atoms with Crippen molar-refractivity contribution >= 4 is 10.1 Å². The van der Waals surface area contributed by atoms with Crippen LogP contribution in [0.3, 0.4) is 0 Å². The Labute approximate surface area is 94.6 Å². The van der Waals surface area contributed by atoms with Crippen molar-refractivity contribution in [3.8, 4) is 0 Å². The molecule has 0 radical (unpaired) electrons. The van der Waals surface area contributed by atoms with Crippen LogP contribution in [-0.2, 0) is 19.8 Å². The lowest BCUT2D eigenvalue weighted by molar-refractivity contribution is -0.178. The fraction of sp³-hybridized carbons (Fsp3) is 1.00. The van der Waals surface area contributed by atoms with Crippen LogP contribution in [0, 0.1) is 0 Å². The number of rotatable bonds is 6. The molecule has 106 valence electrons. The SMILES string of the molecule is O=S(=O)(O)C(F)(F)F.OCCONOCCO. The molecule has 4 N–H and O–H groups in total. The number of aliphatic hydroxyl groups is 2. The number of aliphatic hydroxyl groups excluding tert-OH is 2. The van der Waals surface area contributed by atoms with Crippen LogP contribution >= 0.6 is 0 Å². The third-order valence-corrected chi connectivity index (χ3v) is 1.38. The molecule has 0 aliphatic carbocycles. The van der Waals surface area contributed by atoms with Gasteiger partial charge in [0.2, 0.25) is 0 Å². The van der Waals surface area contributed by atoms with E-state index in [-0.39, 0.29) is 26.4 Å². The molecule has 0 atom stereocenters. The first kappa shape index (κ1) is 18.9. The van der Waals surface area contributed by atoms with Gasteiger partial charge >= 0.3 is 15.6 Å². The summed E-state index contributed by atoms with van der Waals surface area (Å²) in [5.41, 5.74) is -3.47. The molecule has 0 saturated carbocycles. The largest absolute Gasteiger partial charge is 0.522 e. The highest BCUT2D eigenvalue weighted by atomic mass is 32.2. The Morgan fingerprint density at radius 1 is 1.06 bits per heavy atom. The molecular weight excluding hydrogens is 275 g/mol. The van der Waals surface area contributed by atoms with E-state index in [4.69, 9.17) is 23.2 Å². The summed E-state index contributed by atoms with van der Waals surface area (Å²) in [6.45, 7) is 0.224. The van der Waals surface area contributed by atoms with Gasteiger partial charge in [-0.25, -0.2) is 0 Å². The van der Waals surface area contributed by atoms with E-state index in [1.807, 2.05) is 0 Å². The third-order valence-electron chi connectivity index (χ3n) is 0.797. The molecule has 0 unspecified atom stereocenters. The predicted octanol–water partition coefficient (Wildman–Crippen LogP) is -1.18. The van der Waals surface area contributed by atoms with Gasteiger partial charge in [-0.1, -0.05) is 5.64 Å². The highest BCUT2D eigenvalue weighted by Gasteiger charge is 2.44. The fourth-order valence-corrected chi connectivity index (χ4v) is 0.216. The number of hydrogen-bond donors (Lipinski definition) is 4. The molecule has 0 aromatic rings. The standard InChI is InChI=1S/C4H11NO4.CHF3O3S/c6-1-3-8-5-9-4-2-7;2-1(3,4)8(5,6)7/h5-7H,1-4H2;(H,5,6,7). The third kappa shape index (κ3) is 13.4. The summed E-state index contributed by atoms with van der Waals surface area (Å²) >= 11 is 0. The van der Waals surface area contributed by atoms with Crippen molar-refractivity contribution in [2.75, 3.05) is 26.4 Å². The van der Waals surface area contributed by atoms with Crippen LogP contribution in [0.15, 0.2) is 0 Å². The molecule has 0 aromatic heterocycles. The molecule has 0 aromatic carbocycles. The minimum absolute atomic E-state index is 0.0600. The Morgan fingerprint density at radius 2 is 1.35 bits per heavy atom. The molecule has 0 amide bonds. The molecular formula is C5H12F3NO7S. The van der Waals surface area contributed by atoms with E-state index in [0.717, 1.165) is 0 Å². The summed E-state index contributed by atoms with van der Waals surface area (Å²) in [6, 6.07) is 0. The van der Waals surface area contributed by atoms with Crippen LogP contribution in [0.4, 0.5) is 13.2 Å². The highest BCUT2D eigenvalue weighted by Crippen LogP contribution is 2.20. The zero-order valence-corrected chi connectivity index (χ0v) is 9.16. The van der Waals surface area contributed by atoms with E-state index >= 15 is 0 Å².